The number of nitrogens with one attached hydrogen (secondary N) is 1. The van der Waals surface area contributed by atoms with Crippen molar-refractivity contribution in [2.45, 2.75) is 18.4 Å². The summed E-state index contributed by atoms with van der Waals surface area (Å²) >= 11 is 0. The van der Waals surface area contributed by atoms with Gasteiger partial charge in [0.05, 0.1) is 18.6 Å². The van der Waals surface area contributed by atoms with Crippen LogP contribution in [0.15, 0.2) is 24.3 Å². The lowest BCUT2D eigenvalue weighted by Gasteiger charge is -2.36. The van der Waals surface area contributed by atoms with Crippen LogP contribution in [0.5, 0.6) is 5.75 Å². The highest BCUT2D eigenvalue weighted by molar-refractivity contribution is 5.85. The van der Waals surface area contributed by atoms with Gasteiger partial charge in [-0.3, -0.25) is 4.79 Å². The molecule has 2 heterocycles. The smallest absolute Gasteiger partial charge is 0.231 e. The van der Waals surface area contributed by atoms with Crippen molar-refractivity contribution in [3.63, 3.8) is 0 Å². The first-order valence-corrected chi connectivity index (χ1v) is 6.94. The molecule has 2 atom stereocenters. The third kappa shape index (κ3) is 2.23. The molecule has 0 saturated carbocycles. The van der Waals surface area contributed by atoms with Crippen LogP contribution in [0.1, 0.15) is 17.9 Å². The van der Waals surface area contributed by atoms with Gasteiger partial charge in [-0.1, -0.05) is 18.2 Å². The number of benzene rings is 1. The molecule has 1 saturated heterocycles. The Hall–Kier alpha value is -2.06. The van der Waals surface area contributed by atoms with Gasteiger partial charge in [-0.2, -0.15) is 5.26 Å². The molecule has 2 unspecified atom stereocenters. The summed E-state index contributed by atoms with van der Waals surface area (Å²) in [6.07, 6.45) is 0.678. The fourth-order valence-corrected chi connectivity index (χ4v) is 2.88. The zero-order chi connectivity index (χ0) is 13.9. The number of para-hydroxylation sites is 1. The predicted molar refractivity (Wildman–Crippen MR) is 73.3 cm³/mol. The first-order chi connectivity index (χ1) is 9.81. The zero-order valence-electron chi connectivity index (χ0n) is 11.2. The van der Waals surface area contributed by atoms with Crippen LogP contribution in [0.3, 0.4) is 0 Å². The van der Waals surface area contributed by atoms with E-state index in [9.17, 15) is 10.1 Å². The average molecular weight is 271 g/mol. The van der Waals surface area contributed by atoms with Crippen LogP contribution in [0, 0.1) is 11.3 Å². The fraction of sp³-hybridized carbons (Fsp3) is 0.467. The van der Waals surface area contributed by atoms with E-state index in [2.05, 4.69) is 11.4 Å². The molecule has 5 nitrogen and oxygen atoms in total. The Morgan fingerprint density at radius 1 is 1.45 bits per heavy atom. The topological polar surface area (TPSA) is 65.4 Å². The number of rotatable bonds is 1. The lowest BCUT2D eigenvalue weighted by Crippen LogP contribution is -2.54. The molecule has 0 spiro atoms. The maximum absolute atomic E-state index is 12.8. The van der Waals surface area contributed by atoms with Gasteiger partial charge in [0, 0.05) is 25.2 Å². The second-order valence-electron chi connectivity index (χ2n) is 5.11. The Kier molecular flexibility index (Phi) is 3.57. The van der Waals surface area contributed by atoms with Gasteiger partial charge < -0.3 is 15.0 Å². The second-order valence-corrected chi connectivity index (χ2v) is 5.11. The Balaban J connectivity index is 1.86. The number of fused-ring (bicyclic) bond motifs is 1. The molecule has 20 heavy (non-hydrogen) atoms. The number of carbonyl (C=O) groups is 1. The van der Waals surface area contributed by atoms with Crippen LogP contribution in [0.4, 0.5) is 0 Å². The fourth-order valence-electron chi connectivity index (χ4n) is 2.88. The van der Waals surface area contributed by atoms with Crippen molar-refractivity contribution in [2.75, 3.05) is 26.2 Å². The van der Waals surface area contributed by atoms with Gasteiger partial charge in [-0.25, -0.2) is 0 Å². The Morgan fingerprint density at radius 2 is 2.30 bits per heavy atom. The summed E-state index contributed by atoms with van der Waals surface area (Å²) in [5.74, 6) is 0.656. The molecule has 3 rings (SSSR count). The molecular weight excluding hydrogens is 254 g/mol. The summed E-state index contributed by atoms with van der Waals surface area (Å²) in [6.45, 7) is 2.44. The van der Waals surface area contributed by atoms with Crippen molar-refractivity contribution in [1.82, 2.24) is 10.2 Å². The van der Waals surface area contributed by atoms with E-state index in [1.807, 2.05) is 24.3 Å². The van der Waals surface area contributed by atoms with Crippen LogP contribution < -0.4 is 10.1 Å². The molecule has 0 bridgehead atoms. The van der Waals surface area contributed by atoms with Crippen LogP contribution >= 0.6 is 0 Å². The molecule has 5 heteroatoms. The van der Waals surface area contributed by atoms with Gasteiger partial charge in [-0.05, 0) is 12.5 Å². The van der Waals surface area contributed by atoms with E-state index in [0.717, 1.165) is 17.9 Å². The van der Waals surface area contributed by atoms with Gasteiger partial charge in [-0.15, -0.1) is 0 Å². The number of piperazine rings is 1. The standard InChI is InChI=1S/C15H17N3O2/c16-9-11-10-17-6-7-18(11)15(19)13-5-8-20-14-4-2-1-3-12(13)14/h1-4,11,13,17H,5-8,10H2. The van der Waals surface area contributed by atoms with Crippen molar-refractivity contribution in [3.05, 3.63) is 29.8 Å². The molecule has 1 aromatic carbocycles. The number of ether oxygens (including phenoxy) is 1. The van der Waals surface area contributed by atoms with E-state index in [-0.39, 0.29) is 17.9 Å². The third-order valence-corrected chi connectivity index (χ3v) is 3.93. The van der Waals surface area contributed by atoms with E-state index in [1.54, 1.807) is 4.90 Å². The molecule has 2 aliphatic heterocycles. The molecule has 0 aliphatic carbocycles. The SMILES string of the molecule is N#CC1CNCCN1C(=O)C1CCOc2ccccc21. The first-order valence-electron chi connectivity index (χ1n) is 6.94. The Bertz CT molecular complexity index is 552. The van der Waals surface area contributed by atoms with Crippen LogP contribution in [0.25, 0.3) is 0 Å². The highest BCUT2D eigenvalue weighted by atomic mass is 16.5. The average Bonchev–Trinajstić information content (AvgIpc) is 2.53. The second kappa shape index (κ2) is 5.51. The van der Waals surface area contributed by atoms with Crippen molar-refractivity contribution in [3.8, 4) is 11.8 Å². The summed E-state index contributed by atoms with van der Waals surface area (Å²) in [7, 11) is 0. The summed E-state index contributed by atoms with van der Waals surface area (Å²) in [5, 5.41) is 12.3. The van der Waals surface area contributed by atoms with Gasteiger partial charge in [0.1, 0.15) is 11.8 Å². The molecule has 0 aromatic heterocycles. The van der Waals surface area contributed by atoms with Crippen LogP contribution in [0.2, 0.25) is 0 Å². The van der Waals surface area contributed by atoms with Gasteiger partial charge in [0.25, 0.3) is 0 Å². The maximum atomic E-state index is 12.8. The van der Waals surface area contributed by atoms with Gasteiger partial charge >= 0.3 is 0 Å². The quantitative estimate of drug-likeness (QED) is 0.823. The van der Waals surface area contributed by atoms with E-state index in [4.69, 9.17) is 4.74 Å². The van der Waals surface area contributed by atoms with Crippen molar-refractivity contribution < 1.29 is 9.53 Å². The summed E-state index contributed by atoms with van der Waals surface area (Å²) in [5.41, 5.74) is 0.943. The largest absolute Gasteiger partial charge is 0.493 e. The molecule has 1 aromatic rings. The van der Waals surface area contributed by atoms with Gasteiger partial charge in [0.15, 0.2) is 0 Å². The molecule has 1 amide bonds. The predicted octanol–water partition coefficient (Wildman–Crippen LogP) is 0.877. The number of nitrogens with zero attached hydrogens (tertiary/aromatic N) is 2. The Morgan fingerprint density at radius 3 is 3.15 bits per heavy atom. The first kappa shape index (κ1) is 12.9. The number of hydrogen-bond donors (Lipinski definition) is 1. The number of nitriles is 1. The molecular formula is C15H17N3O2. The summed E-state index contributed by atoms with van der Waals surface area (Å²) < 4.78 is 5.60. The molecule has 1 fully saturated rings. The lowest BCUT2D eigenvalue weighted by atomic mass is 9.91. The van der Waals surface area contributed by atoms with Gasteiger partial charge in [0.2, 0.25) is 5.91 Å². The van der Waals surface area contributed by atoms with Crippen molar-refractivity contribution in [1.29, 1.82) is 5.26 Å². The monoisotopic (exact) mass is 271 g/mol. The molecule has 104 valence electrons. The highest BCUT2D eigenvalue weighted by Crippen LogP contribution is 2.34. The highest BCUT2D eigenvalue weighted by Gasteiger charge is 2.35. The number of carbonyl (C=O) groups excluding carboxylic acids is 1. The lowest BCUT2D eigenvalue weighted by molar-refractivity contribution is -0.135. The minimum atomic E-state index is -0.369. The minimum Gasteiger partial charge on any atom is -0.493 e. The Labute approximate surface area is 118 Å². The van der Waals surface area contributed by atoms with Crippen molar-refractivity contribution >= 4 is 5.91 Å². The van der Waals surface area contributed by atoms with E-state index < -0.39 is 0 Å². The molecule has 2 aliphatic rings. The van der Waals surface area contributed by atoms with E-state index >= 15 is 0 Å². The molecule has 1 N–H and O–H groups in total. The summed E-state index contributed by atoms with van der Waals surface area (Å²) in [6, 6.07) is 9.52. The third-order valence-electron chi connectivity index (χ3n) is 3.93. The van der Waals surface area contributed by atoms with E-state index in [1.165, 1.54) is 0 Å². The normalized spacial score (nSPS) is 25.2. The minimum absolute atomic E-state index is 0.0498. The number of hydrogen-bond acceptors (Lipinski definition) is 4. The number of amides is 1. The molecule has 0 radical (unpaired) electrons. The maximum Gasteiger partial charge on any atom is 0.231 e. The zero-order valence-corrected chi connectivity index (χ0v) is 11.2. The van der Waals surface area contributed by atoms with Crippen LogP contribution in [-0.2, 0) is 4.79 Å². The van der Waals surface area contributed by atoms with E-state index in [0.29, 0.717) is 26.1 Å². The van der Waals surface area contributed by atoms with Crippen molar-refractivity contribution in [2.24, 2.45) is 0 Å². The summed E-state index contributed by atoms with van der Waals surface area (Å²) in [4.78, 5) is 14.5. The van der Waals surface area contributed by atoms with Crippen LogP contribution in [-0.4, -0.2) is 43.1 Å².